The van der Waals surface area contributed by atoms with Crippen molar-refractivity contribution in [2.75, 3.05) is 31.6 Å². The standard InChI is InChI=1S/C14H19N3O3/c1-3-19-11-5-6-13(20-4-2)12(9-11)17-10-14(18)16-8-7-15/h5-6,9,17H,3-4,8,10H2,1-2H3,(H,16,18). The second-order valence-electron chi connectivity index (χ2n) is 3.81. The summed E-state index contributed by atoms with van der Waals surface area (Å²) in [6.45, 7) is 4.95. The predicted molar refractivity (Wildman–Crippen MR) is 75.9 cm³/mol. The Morgan fingerprint density at radius 1 is 1.30 bits per heavy atom. The largest absolute Gasteiger partial charge is 0.494 e. The number of carbonyl (C=O) groups is 1. The Bertz CT molecular complexity index is 483. The third-order valence-corrected chi connectivity index (χ3v) is 2.37. The molecule has 0 spiro atoms. The van der Waals surface area contributed by atoms with Gasteiger partial charge >= 0.3 is 0 Å². The number of carbonyl (C=O) groups excluding carboxylic acids is 1. The molecule has 2 N–H and O–H groups in total. The van der Waals surface area contributed by atoms with Gasteiger partial charge in [-0.2, -0.15) is 5.26 Å². The van der Waals surface area contributed by atoms with Crippen molar-refractivity contribution in [3.8, 4) is 17.6 Å². The zero-order valence-corrected chi connectivity index (χ0v) is 11.7. The van der Waals surface area contributed by atoms with Gasteiger partial charge in [-0.05, 0) is 26.0 Å². The fourth-order valence-electron chi connectivity index (χ4n) is 1.56. The average Bonchev–Trinajstić information content (AvgIpc) is 2.45. The molecule has 0 aromatic heterocycles. The minimum absolute atomic E-state index is 0.00217. The Hall–Kier alpha value is -2.42. The van der Waals surface area contributed by atoms with Gasteiger partial charge in [0.25, 0.3) is 0 Å². The van der Waals surface area contributed by atoms with Crippen molar-refractivity contribution in [3.05, 3.63) is 18.2 Å². The Morgan fingerprint density at radius 3 is 2.70 bits per heavy atom. The normalized spacial score (nSPS) is 9.45. The van der Waals surface area contributed by atoms with Gasteiger partial charge in [0.2, 0.25) is 5.91 Å². The van der Waals surface area contributed by atoms with E-state index in [4.69, 9.17) is 14.7 Å². The molecular weight excluding hydrogens is 258 g/mol. The molecule has 1 amide bonds. The van der Waals surface area contributed by atoms with E-state index in [1.807, 2.05) is 26.0 Å². The summed E-state index contributed by atoms with van der Waals surface area (Å²) in [6.07, 6.45) is 0. The van der Waals surface area contributed by atoms with Crippen molar-refractivity contribution < 1.29 is 14.3 Å². The molecule has 0 fully saturated rings. The highest BCUT2D eigenvalue weighted by atomic mass is 16.5. The van der Waals surface area contributed by atoms with Crippen LogP contribution in [-0.4, -0.2) is 32.2 Å². The molecule has 0 aliphatic heterocycles. The fourth-order valence-corrected chi connectivity index (χ4v) is 1.56. The van der Waals surface area contributed by atoms with Crippen molar-refractivity contribution in [2.24, 2.45) is 0 Å². The number of anilines is 1. The Morgan fingerprint density at radius 2 is 2.05 bits per heavy atom. The van der Waals surface area contributed by atoms with Crippen molar-refractivity contribution in [2.45, 2.75) is 13.8 Å². The minimum Gasteiger partial charge on any atom is -0.494 e. The van der Waals surface area contributed by atoms with Crippen LogP contribution in [0.2, 0.25) is 0 Å². The van der Waals surface area contributed by atoms with Crippen molar-refractivity contribution >= 4 is 11.6 Å². The van der Waals surface area contributed by atoms with Crippen LogP contribution in [0.4, 0.5) is 5.69 Å². The fraction of sp³-hybridized carbons (Fsp3) is 0.429. The highest BCUT2D eigenvalue weighted by Crippen LogP contribution is 2.29. The molecule has 6 nitrogen and oxygen atoms in total. The molecule has 0 unspecified atom stereocenters. The number of hydrogen-bond donors (Lipinski definition) is 2. The number of hydrogen-bond acceptors (Lipinski definition) is 5. The third-order valence-electron chi connectivity index (χ3n) is 2.37. The number of nitriles is 1. The first-order valence-corrected chi connectivity index (χ1v) is 6.48. The third kappa shape index (κ3) is 5.06. The molecular formula is C14H19N3O3. The lowest BCUT2D eigenvalue weighted by molar-refractivity contribution is -0.119. The maximum Gasteiger partial charge on any atom is 0.240 e. The maximum atomic E-state index is 11.5. The topological polar surface area (TPSA) is 83.4 Å². The molecule has 0 saturated heterocycles. The second kappa shape index (κ2) is 8.64. The van der Waals surface area contributed by atoms with Crippen LogP contribution in [0.3, 0.4) is 0 Å². The molecule has 0 atom stereocenters. The van der Waals surface area contributed by atoms with E-state index < -0.39 is 0 Å². The smallest absolute Gasteiger partial charge is 0.240 e. The van der Waals surface area contributed by atoms with Gasteiger partial charge in [0.1, 0.15) is 18.0 Å². The zero-order chi connectivity index (χ0) is 14.8. The number of ether oxygens (including phenoxy) is 2. The summed E-state index contributed by atoms with van der Waals surface area (Å²) in [6, 6.07) is 7.24. The summed E-state index contributed by atoms with van der Waals surface area (Å²) in [5.41, 5.74) is 0.685. The summed E-state index contributed by atoms with van der Waals surface area (Å²) in [5.74, 6) is 1.11. The van der Waals surface area contributed by atoms with Gasteiger partial charge in [-0.3, -0.25) is 4.79 Å². The first-order valence-electron chi connectivity index (χ1n) is 6.48. The van der Waals surface area contributed by atoms with Crippen LogP contribution in [0.1, 0.15) is 13.8 Å². The van der Waals surface area contributed by atoms with Crippen LogP contribution < -0.4 is 20.1 Å². The van der Waals surface area contributed by atoms with Gasteiger partial charge in [0, 0.05) is 6.07 Å². The lowest BCUT2D eigenvalue weighted by Crippen LogP contribution is -2.30. The molecule has 108 valence electrons. The predicted octanol–water partition coefficient (Wildman–Crippen LogP) is 1.54. The lowest BCUT2D eigenvalue weighted by Gasteiger charge is -2.14. The van der Waals surface area contributed by atoms with E-state index in [2.05, 4.69) is 10.6 Å². The lowest BCUT2D eigenvalue weighted by atomic mass is 10.2. The first kappa shape index (κ1) is 15.6. The van der Waals surface area contributed by atoms with Crippen molar-refractivity contribution in [1.29, 1.82) is 5.26 Å². The van der Waals surface area contributed by atoms with Gasteiger partial charge < -0.3 is 20.1 Å². The minimum atomic E-state index is -0.254. The van der Waals surface area contributed by atoms with Gasteiger partial charge in [0.15, 0.2) is 0 Å². The average molecular weight is 277 g/mol. The van der Waals surface area contributed by atoms with Crippen LogP contribution in [-0.2, 0) is 4.79 Å². The van der Waals surface area contributed by atoms with Crippen LogP contribution in [0.15, 0.2) is 18.2 Å². The van der Waals surface area contributed by atoms with Crippen molar-refractivity contribution in [3.63, 3.8) is 0 Å². The van der Waals surface area contributed by atoms with Crippen LogP contribution in [0.25, 0.3) is 0 Å². The number of amides is 1. The van der Waals surface area contributed by atoms with E-state index >= 15 is 0 Å². The quantitative estimate of drug-likeness (QED) is 0.704. The molecule has 1 aromatic rings. The number of nitrogens with one attached hydrogen (secondary N) is 2. The van der Waals surface area contributed by atoms with Crippen LogP contribution in [0.5, 0.6) is 11.5 Å². The summed E-state index contributed by atoms with van der Waals surface area (Å²) >= 11 is 0. The van der Waals surface area contributed by atoms with Gasteiger partial charge in [-0.1, -0.05) is 0 Å². The van der Waals surface area contributed by atoms with Crippen LogP contribution in [0, 0.1) is 11.3 Å². The first-order chi connectivity index (χ1) is 9.71. The highest BCUT2D eigenvalue weighted by Gasteiger charge is 2.07. The zero-order valence-electron chi connectivity index (χ0n) is 11.7. The number of rotatable bonds is 8. The van der Waals surface area contributed by atoms with E-state index in [0.717, 1.165) is 0 Å². The van der Waals surface area contributed by atoms with Gasteiger partial charge in [-0.25, -0.2) is 0 Å². The summed E-state index contributed by atoms with van der Waals surface area (Å²) in [4.78, 5) is 11.5. The number of nitrogens with zero attached hydrogens (tertiary/aromatic N) is 1. The highest BCUT2D eigenvalue weighted by molar-refractivity contribution is 5.81. The summed E-state index contributed by atoms with van der Waals surface area (Å²) < 4.78 is 10.9. The van der Waals surface area contributed by atoms with Gasteiger partial charge in [0.05, 0.1) is 31.5 Å². The van der Waals surface area contributed by atoms with E-state index in [1.54, 1.807) is 12.1 Å². The van der Waals surface area contributed by atoms with E-state index in [1.165, 1.54) is 0 Å². The molecule has 0 aliphatic rings. The van der Waals surface area contributed by atoms with Crippen LogP contribution >= 0.6 is 0 Å². The summed E-state index contributed by atoms with van der Waals surface area (Å²) in [7, 11) is 0. The molecule has 6 heteroatoms. The summed E-state index contributed by atoms with van der Waals surface area (Å²) in [5, 5.41) is 13.8. The van der Waals surface area contributed by atoms with Crippen molar-refractivity contribution in [1.82, 2.24) is 5.32 Å². The molecule has 0 saturated carbocycles. The molecule has 1 rings (SSSR count). The van der Waals surface area contributed by atoms with Gasteiger partial charge in [-0.15, -0.1) is 0 Å². The van der Waals surface area contributed by atoms with E-state index in [-0.39, 0.29) is 19.0 Å². The molecule has 0 heterocycles. The Balaban J connectivity index is 2.71. The second-order valence-corrected chi connectivity index (χ2v) is 3.81. The monoisotopic (exact) mass is 277 g/mol. The Kier molecular flexibility index (Phi) is 6.76. The maximum absolute atomic E-state index is 11.5. The molecule has 0 bridgehead atoms. The van der Waals surface area contributed by atoms with E-state index in [9.17, 15) is 4.79 Å². The molecule has 0 aliphatic carbocycles. The molecule has 1 aromatic carbocycles. The Labute approximate surface area is 118 Å². The molecule has 0 radical (unpaired) electrons. The SMILES string of the molecule is CCOc1ccc(OCC)c(NCC(=O)NCC#N)c1. The number of benzene rings is 1. The molecule has 20 heavy (non-hydrogen) atoms. The van der Waals surface area contributed by atoms with E-state index in [0.29, 0.717) is 30.4 Å².